The second-order valence-corrected chi connectivity index (χ2v) is 8.60. The fraction of sp³-hybridized carbons (Fsp3) is 0. The molecule has 2 N–H and O–H groups in total. The first-order valence-corrected chi connectivity index (χ1v) is 10.1. The summed E-state index contributed by atoms with van der Waals surface area (Å²) in [5.41, 5.74) is 0.528. The van der Waals surface area contributed by atoms with E-state index in [1.54, 1.807) is 36.4 Å². The highest BCUT2D eigenvalue weighted by Gasteiger charge is 2.22. The minimum absolute atomic E-state index is 0.0291. The lowest BCUT2D eigenvalue weighted by molar-refractivity contribution is 0.102. The Bertz CT molecular complexity index is 1070. The highest BCUT2D eigenvalue weighted by molar-refractivity contribution is 7.94. The van der Waals surface area contributed by atoms with Gasteiger partial charge in [0.05, 0.1) is 16.3 Å². The van der Waals surface area contributed by atoms with Gasteiger partial charge in [0.2, 0.25) is 5.13 Å². The summed E-state index contributed by atoms with van der Waals surface area (Å²) in [5.74, 6) is -0.515. The van der Waals surface area contributed by atoms with Crippen LogP contribution in [0.1, 0.15) is 10.4 Å². The van der Waals surface area contributed by atoms with Crippen molar-refractivity contribution in [3.8, 4) is 0 Å². The molecule has 0 aliphatic carbocycles. The van der Waals surface area contributed by atoms with Crippen LogP contribution >= 0.6 is 34.5 Å². The van der Waals surface area contributed by atoms with E-state index in [0.29, 0.717) is 16.4 Å². The smallest absolute Gasteiger partial charge is 0.291 e. The van der Waals surface area contributed by atoms with Gasteiger partial charge in [0.15, 0.2) is 0 Å². The van der Waals surface area contributed by atoms with E-state index in [9.17, 15) is 13.2 Å². The molecule has 2 aromatic carbocycles. The molecule has 0 spiro atoms. The predicted octanol–water partition coefficient (Wildman–Crippen LogP) is 3.90. The normalized spacial score (nSPS) is 11.2. The van der Waals surface area contributed by atoms with E-state index >= 15 is 0 Å². The van der Waals surface area contributed by atoms with Crippen molar-refractivity contribution < 1.29 is 13.2 Å². The van der Waals surface area contributed by atoms with Gasteiger partial charge in [-0.25, -0.2) is 0 Å². The first kappa shape index (κ1) is 18.6. The molecule has 134 valence electrons. The lowest BCUT2D eigenvalue weighted by Crippen LogP contribution is -2.12. The second-order valence-electron chi connectivity index (χ2n) is 4.92. The van der Waals surface area contributed by atoms with Crippen LogP contribution in [0.15, 0.2) is 52.9 Å². The zero-order chi connectivity index (χ0) is 18.7. The van der Waals surface area contributed by atoms with Crippen LogP contribution in [0.5, 0.6) is 0 Å². The molecule has 0 fully saturated rings. The van der Waals surface area contributed by atoms with Gasteiger partial charge in [-0.05, 0) is 30.3 Å². The van der Waals surface area contributed by atoms with Gasteiger partial charge in [-0.15, -0.1) is 10.2 Å². The molecule has 0 bridgehead atoms. The Kier molecular flexibility index (Phi) is 5.42. The van der Waals surface area contributed by atoms with E-state index in [-0.39, 0.29) is 25.7 Å². The van der Waals surface area contributed by atoms with Crippen LogP contribution in [-0.4, -0.2) is 24.5 Å². The molecule has 0 aliphatic heterocycles. The number of anilines is 2. The molecule has 0 saturated heterocycles. The highest BCUT2D eigenvalue weighted by Crippen LogP contribution is 2.25. The number of nitrogens with one attached hydrogen (secondary N) is 2. The van der Waals surface area contributed by atoms with Crippen molar-refractivity contribution in [2.45, 2.75) is 4.34 Å². The van der Waals surface area contributed by atoms with Crippen molar-refractivity contribution in [1.82, 2.24) is 10.2 Å². The summed E-state index contributed by atoms with van der Waals surface area (Å²) in [5, 5.41) is 10.5. The van der Waals surface area contributed by atoms with E-state index in [0.717, 1.165) is 0 Å². The second kappa shape index (κ2) is 7.58. The summed E-state index contributed by atoms with van der Waals surface area (Å²) in [6, 6.07) is 12.7. The first-order valence-electron chi connectivity index (χ1n) is 7.03. The maximum atomic E-state index is 12.4. The van der Waals surface area contributed by atoms with Crippen molar-refractivity contribution in [1.29, 1.82) is 0 Å². The Morgan fingerprint density at radius 2 is 1.81 bits per heavy atom. The minimum atomic E-state index is -3.96. The quantitative estimate of drug-likeness (QED) is 0.600. The van der Waals surface area contributed by atoms with Crippen LogP contribution in [0.25, 0.3) is 0 Å². The topological polar surface area (TPSA) is 101 Å². The van der Waals surface area contributed by atoms with Crippen molar-refractivity contribution in [3.63, 3.8) is 0 Å². The van der Waals surface area contributed by atoms with E-state index in [2.05, 4.69) is 20.2 Å². The van der Waals surface area contributed by atoms with Crippen molar-refractivity contribution in [2.75, 3.05) is 10.0 Å². The number of hydrogen-bond donors (Lipinski definition) is 2. The third kappa shape index (κ3) is 4.31. The number of rotatable bonds is 5. The molecule has 0 unspecified atom stereocenters. The summed E-state index contributed by atoms with van der Waals surface area (Å²) < 4.78 is 26.8. The van der Waals surface area contributed by atoms with E-state index < -0.39 is 15.9 Å². The summed E-state index contributed by atoms with van der Waals surface area (Å²) in [7, 11) is -3.96. The van der Waals surface area contributed by atoms with Gasteiger partial charge in [-0.2, -0.15) is 8.42 Å². The third-order valence-corrected chi connectivity index (χ3v) is 6.20. The van der Waals surface area contributed by atoms with E-state index in [1.807, 2.05) is 0 Å². The number of hydrogen-bond acceptors (Lipinski definition) is 6. The van der Waals surface area contributed by atoms with Gasteiger partial charge in [0, 0.05) is 5.02 Å². The van der Waals surface area contributed by atoms with Crippen LogP contribution < -0.4 is 10.0 Å². The number of amides is 1. The molecule has 26 heavy (non-hydrogen) atoms. The Balaban J connectivity index is 1.77. The molecule has 0 aliphatic rings. The van der Waals surface area contributed by atoms with Crippen LogP contribution in [-0.2, 0) is 10.0 Å². The third-order valence-electron chi connectivity index (χ3n) is 3.05. The fourth-order valence-corrected chi connectivity index (χ4v) is 4.29. The number of aromatic nitrogens is 2. The van der Waals surface area contributed by atoms with Crippen molar-refractivity contribution >= 4 is 61.3 Å². The Labute approximate surface area is 163 Å². The average Bonchev–Trinajstić information content (AvgIpc) is 3.04. The average molecular weight is 429 g/mol. The zero-order valence-corrected chi connectivity index (χ0v) is 16.0. The van der Waals surface area contributed by atoms with Crippen LogP contribution in [0.4, 0.5) is 10.8 Å². The molecule has 1 aromatic heterocycles. The number of sulfonamides is 1. The standard InChI is InChI=1S/C15H10Cl2N4O3S2/c16-9-4-3-5-10(8-9)21-26(23,24)15-20-19-14(25-15)18-13(22)11-6-1-2-7-12(11)17/h1-8,21H,(H,18,19,22). The molecular weight excluding hydrogens is 419 g/mol. The molecule has 1 heterocycles. The van der Waals surface area contributed by atoms with Gasteiger partial charge >= 0.3 is 0 Å². The van der Waals surface area contributed by atoms with Crippen LogP contribution in [0.2, 0.25) is 10.0 Å². The highest BCUT2D eigenvalue weighted by atomic mass is 35.5. The zero-order valence-electron chi connectivity index (χ0n) is 12.8. The number of halogens is 2. The maximum Gasteiger partial charge on any atom is 0.291 e. The van der Waals surface area contributed by atoms with Crippen LogP contribution in [0, 0.1) is 0 Å². The van der Waals surface area contributed by atoms with E-state index in [1.165, 1.54) is 12.1 Å². The SMILES string of the molecule is O=C(Nc1nnc(S(=O)(=O)Nc2cccc(Cl)c2)s1)c1ccccc1Cl. The first-order chi connectivity index (χ1) is 12.3. The maximum absolute atomic E-state index is 12.4. The molecule has 7 nitrogen and oxygen atoms in total. The largest absolute Gasteiger partial charge is 0.296 e. The lowest BCUT2D eigenvalue weighted by Gasteiger charge is -2.05. The van der Waals surface area contributed by atoms with Gasteiger partial charge in [0.1, 0.15) is 0 Å². The summed E-state index contributed by atoms with van der Waals surface area (Å²) in [4.78, 5) is 12.2. The molecule has 1 amide bonds. The van der Waals surface area contributed by atoms with Crippen molar-refractivity contribution in [2.24, 2.45) is 0 Å². The van der Waals surface area contributed by atoms with Gasteiger partial charge in [0.25, 0.3) is 20.3 Å². The van der Waals surface area contributed by atoms with Gasteiger partial charge in [-0.3, -0.25) is 14.8 Å². The number of carbonyl (C=O) groups is 1. The molecule has 0 atom stereocenters. The number of benzene rings is 2. The van der Waals surface area contributed by atoms with Gasteiger partial charge in [-0.1, -0.05) is 52.7 Å². The Morgan fingerprint density at radius 3 is 2.54 bits per heavy atom. The van der Waals surface area contributed by atoms with E-state index in [4.69, 9.17) is 23.2 Å². The summed E-state index contributed by atoms with van der Waals surface area (Å²) in [6.07, 6.45) is 0. The number of nitrogens with zero attached hydrogens (tertiary/aromatic N) is 2. The summed E-state index contributed by atoms with van der Waals surface area (Å²) >= 11 is 12.5. The lowest BCUT2D eigenvalue weighted by atomic mass is 10.2. The predicted molar refractivity (Wildman–Crippen MR) is 102 cm³/mol. The summed E-state index contributed by atoms with van der Waals surface area (Å²) in [6.45, 7) is 0. The van der Waals surface area contributed by atoms with Crippen molar-refractivity contribution in [3.05, 3.63) is 64.1 Å². The Morgan fingerprint density at radius 1 is 1.04 bits per heavy atom. The monoisotopic (exact) mass is 428 g/mol. The fourth-order valence-electron chi connectivity index (χ4n) is 1.93. The molecule has 0 radical (unpaired) electrons. The Hall–Kier alpha value is -2.20. The minimum Gasteiger partial charge on any atom is -0.296 e. The number of carbonyl (C=O) groups excluding carboxylic acids is 1. The molecular formula is C15H10Cl2N4O3S2. The molecule has 3 aromatic rings. The molecule has 3 rings (SSSR count). The van der Waals surface area contributed by atoms with Gasteiger partial charge < -0.3 is 0 Å². The molecule has 0 saturated carbocycles. The van der Waals surface area contributed by atoms with Crippen LogP contribution in [0.3, 0.4) is 0 Å². The molecule has 11 heteroatoms.